The highest BCUT2D eigenvalue weighted by atomic mass is 16.6. The summed E-state index contributed by atoms with van der Waals surface area (Å²) in [5.74, 6) is -0.592. The predicted molar refractivity (Wildman–Crippen MR) is 97.7 cm³/mol. The van der Waals surface area contributed by atoms with E-state index in [2.05, 4.69) is 10.3 Å². The largest absolute Gasteiger partial charge is 0.462 e. The van der Waals surface area contributed by atoms with Gasteiger partial charge in [-0.15, -0.1) is 0 Å². The Balaban J connectivity index is 1.85. The van der Waals surface area contributed by atoms with Crippen molar-refractivity contribution in [3.63, 3.8) is 0 Å². The number of nitrogens with one attached hydrogen (secondary N) is 1. The molecule has 2 rings (SSSR count). The molecule has 2 aromatic rings. The summed E-state index contributed by atoms with van der Waals surface area (Å²) in [4.78, 5) is 27.6. The summed E-state index contributed by atoms with van der Waals surface area (Å²) in [5.41, 5.74) is 1.92. The Morgan fingerprint density at radius 1 is 1.00 bits per heavy atom. The van der Waals surface area contributed by atoms with Crippen LogP contribution in [0.2, 0.25) is 0 Å². The minimum Gasteiger partial charge on any atom is -0.462 e. The molecule has 0 aliphatic carbocycles. The molecule has 1 N–H and O–H groups in total. The molecule has 0 aliphatic rings. The standard InChI is InChI=1S/C20H24N2O4/c1-15(2)19(23)25-12-13-26-20(24)22-14-17(16-8-4-3-5-9-16)18-10-6-7-11-21-18/h3-11,15,17H,12-14H2,1-2H3,(H,22,24)/t17-/m0/s1. The van der Waals surface area contributed by atoms with Crippen LogP contribution in [0.1, 0.15) is 31.0 Å². The van der Waals surface area contributed by atoms with Gasteiger partial charge in [-0.3, -0.25) is 9.78 Å². The Bertz CT molecular complexity index is 650. The lowest BCUT2D eigenvalue weighted by Crippen LogP contribution is -2.31. The minimum absolute atomic E-state index is 0.0177. The maximum absolute atomic E-state index is 11.9. The first-order valence-corrected chi connectivity index (χ1v) is 8.61. The number of nitrogens with zero attached hydrogens (tertiary/aromatic N) is 1. The Morgan fingerprint density at radius 3 is 2.35 bits per heavy atom. The number of pyridine rings is 1. The van der Waals surface area contributed by atoms with Crippen molar-refractivity contribution < 1.29 is 19.1 Å². The molecule has 6 heteroatoms. The van der Waals surface area contributed by atoms with Gasteiger partial charge in [-0.25, -0.2) is 4.79 Å². The lowest BCUT2D eigenvalue weighted by atomic mass is 9.95. The second kappa shape index (κ2) is 10.2. The smallest absolute Gasteiger partial charge is 0.407 e. The molecule has 1 aromatic heterocycles. The van der Waals surface area contributed by atoms with E-state index in [0.29, 0.717) is 6.54 Å². The van der Waals surface area contributed by atoms with E-state index in [4.69, 9.17) is 9.47 Å². The molecule has 0 radical (unpaired) electrons. The maximum Gasteiger partial charge on any atom is 0.407 e. The van der Waals surface area contributed by atoms with Crippen molar-refractivity contribution in [2.75, 3.05) is 19.8 Å². The van der Waals surface area contributed by atoms with E-state index >= 15 is 0 Å². The van der Waals surface area contributed by atoms with Gasteiger partial charge >= 0.3 is 12.1 Å². The Kier molecular flexibility index (Phi) is 7.61. The first-order valence-electron chi connectivity index (χ1n) is 8.61. The molecule has 6 nitrogen and oxygen atoms in total. The summed E-state index contributed by atoms with van der Waals surface area (Å²) in [6, 6.07) is 15.5. The Labute approximate surface area is 153 Å². The lowest BCUT2D eigenvalue weighted by Gasteiger charge is -2.17. The van der Waals surface area contributed by atoms with Gasteiger partial charge in [0, 0.05) is 24.4 Å². The molecule has 0 unspecified atom stereocenters. The number of ether oxygens (including phenoxy) is 2. The number of alkyl carbamates (subject to hydrolysis) is 1. The van der Waals surface area contributed by atoms with Gasteiger partial charge in [-0.1, -0.05) is 50.2 Å². The van der Waals surface area contributed by atoms with Crippen molar-refractivity contribution in [1.82, 2.24) is 10.3 Å². The third-order valence-electron chi connectivity index (χ3n) is 3.73. The van der Waals surface area contributed by atoms with Crippen molar-refractivity contribution >= 4 is 12.1 Å². The average molecular weight is 356 g/mol. The van der Waals surface area contributed by atoms with Crippen molar-refractivity contribution in [2.45, 2.75) is 19.8 Å². The van der Waals surface area contributed by atoms with E-state index in [0.717, 1.165) is 11.3 Å². The number of hydrogen-bond donors (Lipinski definition) is 1. The van der Waals surface area contributed by atoms with Crippen LogP contribution in [0.25, 0.3) is 0 Å². The molecule has 0 saturated heterocycles. The highest BCUT2D eigenvalue weighted by Gasteiger charge is 2.17. The van der Waals surface area contributed by atoms with E-state index in [1.807, 2.05) is 48.5 Å². The summed E-state index contributed by atoms with van der Waals surface area (Å²) in [6.07, 6.45) is 1.18. The third-order valence-corrected chi connectivity index (χ3v) is 3.73. The zero-order chi connectivity index (χ0) is 18.8. The molecule has 0 fully saturated rings. The van der Waals surface area contributed by atoms with Gasteiger partial charge in [0.2, 0.25) is 0 Å². The number of carbonyl (C=O) groups is 2. The van der Waals surface area contributed by atoms with Crippen LogP contribution in [0, 0.1) is 5.92 Å². The summed E-state index contributed by atoms with van der Waals surface area (Å²) in [5, 5.41) is 2.75. The summed E-state index contributed by atoms with van der Waals surface area (Å²) >= 11 is 0. The first kappa shape index (κ1) is 19.4. The van der Waals surface area contributed by atoms with Crippen molar-refractivity contribution in [2.24, 2.45) is 5.92 Å². The highest BCUT2D eigenvalue weighted by molar-refractivity contribution is 5.71. The van der Waals surface area contributed by atoms with Crippen LogP contribution < -0.4 is 5.32 Å². The molecule has 1 atom stereocenters. The first-order chi connectivity index (χ1) is 12.6. The minimum atomic E-state index is -0.553. The van der Waals surface area contributed by atoms with Crippen molar-refractivity contribution in [1.29, 1.82) is 0 Å². The number of hydrogen-bond acceptors (Lipinski definition) is 5. The average Bonchev–Trinajstić information content (AvgIpc) is 2.67. The zero-order valence-corrected chi connectivity index (χ0v) is 15.1. The summed E-state index contributed by atoms with van der Waals surface area (Å²) < 4.78 is 10.0. The van der Waals surface area contributed by atoms with E-state index in [9.17, 15) is 9.59 Å². The van der Waals surface area contributed by atoms with Crippen LogP contribution in [-0.2, 0) is 14.3 Å². The van der Waals surface area contributed by atoms with Crippen molar-refractivity contribution in [3.8, 4) is 0 Å². The topological polar surface area (TPSA) is 77.5 Å². The Hall–Kier alpha value is -2.89. The fraction of sp³-hybridized carbons (Fsp3) is 0.350. The normalized spacial score (nSPS) is 11.7. The molecular formula is C20H24N2O4. The maximum atomic E-state index is 11.9. The molecule has 0 spiro atoms. The Morgan fingerprint density at radius 2 is 1.69 bits per heavy atom. The molecular weight excluding hydrogens is 332 g/mol. The van der Waals surface area contributed by atoms with Gasteiger partial charge in [0.25, 0.3) is 0 Å². The second-order valence-corrected chi connectivity index (χ2v) is 6.06. The molecule has 26 heavy (non-hydrogen) atoms. The van der Waals surface area contributed by atoms with Crippen LogP contribution in [0.3, 0.4) is 0 Å². The van der Waals surface area contributed by atoms with Gasteiger partial charge in [0.15, 0.2) is 0 Å². The van der Waals surface area contributed by atoms with E-state index in [-0.39, 0.29) is 31.0 Å². The fourth-order valence-corrected chi connectivity index (χ4v) is 2.34. The van der Waals surface area contributed by atoms with Crippen LogP contribution in [0.5, 0.6) is 0 Å². The lowest BCUT2D eigenvalue weighted by molar-refractivity contribution is -0.148. The van der Waals surface area contributed by atoms with Gasteiger partial charge in [0.05, 0.1) is 5.92 Å². The quantitative estimate of drug-likeness (QED) is 0.581. The number of benzene rings is 1. The van der Waals surface area contributed by atoms with E-state index < -0.39 is 6.09 Å². The van der Waals surface area contributed by atoms with Crippen molar-refractivity contribution in [3.05, 3.63) is 66.0 Å². The number of aromatic nitrogens is 1. The van der Waals surface area contributed by atoms with E-state index in [1.54, 1.807) is 20.0 Å². The van der Waals surface area contributed by atoms with Gasteiger partial charge in [-0.05, 0) is 17.7 Å². The fourth-order valence-electron chi connectivity index (χ4n) is 2.34. The molecule has 1 amide bonds. The number of esters is 1. The van der Waals surface area contributed by atoms with Crippen LogP contribution in [0.15, 0.2) is 54.7 Å². The van der Waals surface area contributed by atoms with Gasteiger partial charge in [0.1, 0.15) is 13.2 Å². The molecule has 0 bridgehead atoms. The summed E-state index contributed by atoms with van der Waals surface area (Å²) in [7, 11) is 0. The monoisotopic (exact) mass is 356 g/mol. The van der Waals surface area contributed by atoms with Crippen LogP contribution in [0.4, 0.5) is 4.79 Å². The van der Waals surface area contributed by atoms with Crippen LogP contribution >= 0.6 is 0 Å². The summed E-state index contributed by atoms with van der Waals surface area (Å²) in [6.45, 7) is 3.91. The highest BCUT2D eigenvalue weighted by Crippen LogP contribution is 2.21. The molecule has 1 aromatic carbocycles. The number of rotatable bonds is 8. The third kappa shape index (κ3) is 6.20. The molecule has 1 heterocycles. The molecule has 138 valence electrons. The SMILES string of the molecule is CC(C)C(=O)OCCOC(=O)NC[C@@H](c1ccccc1)c1ccccn1. The predicted octanol–water partition coefficient (Wildman–Crippen LogP) is 3.14. The molecule has 0 aliphatic heterocycles. The second-order valence-electron chi connectivity index (χ2n) is 6.06. The number of carbonyl (C=O) groups excluding carboxylic acids is 2. The molecule has 0 saturated carbocycles. The van der Waals surface area contributed by atoms with Crippen LogP contribution in [-0.4, -0.2) is 36.8 Å². The van der Waals surface area contributed by atoms with Gasteiger partial charge in [-0.2, -0.15) is 0 Å². The number of amides is 1. The van der Waals surface area contributed by atoms with Gasteiger partial charge < -0.3 is 14.8 Å². The van der Waals surface area contributed by atoms with E-state index in [1.165, 1.54) is 0 Å². The zero-order valence-electron chi connectivity index (χ0n) is 15.1.